The molecule has 0 saturated heterocycles. The molecule has 0 unspecified atom stereocenters. The van der Waals surface area contributed by atoms with Crippen LogP contribution in [0.2, 0.25) is 0 Å². The Balaban J connectivity index is 2.60. The number of carbonyl (C=O) groups excluding carboxylic acids is 1. The monoisotopic (exact) mass is 207 g/mol. The average Bonchev–Trinajstić information content (AvgIpc) is 2.45. The Morgan fingerprint density at radius 2 is 2.33 bits per heavy atom. The zero-order valence-corrected chi connectivity index (χ0v) is 7.85. The van der Waals surface area contributed by atoms with Crippen LogP contribution in [0.4, 0.5) is 0 Å². The van der Waals surface area contributed by atoms with Crippen LogP contribution >= 0.6 is 0 Å². The summed E-state index contributed by atoms with van der Waals surface area (Å²) in [6.07, 6.45) is -0.373. The summed E-state index contributed by atoms with van der Waals surface area (Å²) < 4.78 is 1.09. The second-order valence-electron chi connectivity index (χ2n) is 3.09. The van der Waals surface area contributed by atoms with E-state index in [4.69, 9.17) is 0 Å². The normalized spacial score (nSPS) is 10.7. The minimum Gasteiger partial charge on any atom is -0.550 e. The molecule has 0 atom stereocenters. The van der Waals surface area contributed by atoms with Crippen molar-refractivity contribution in [1.82, 2.24) is 19.6 Å². The van der Waals surface area contributed by atoms with Crippen molar-refractivity contribution in [1.29, 1.82) is 0 Å². The molecular weight excluding hydrogens is 200 g/mol. The van der Waals surface area contributed by atoms with Crippen molar-refractivity contribution in [3.8, 4) is 0 Å². The number of fused-ring (bicyclic) bond motifs is 1. The summed E-state index contributed by atoms with van der Waals surface area (Å²) in [7, 11) is 0. The molecule has 0 fully saturated rings. The highest BCUT2D eigenvalue weighted by atomic mass is 16.4. The van der Waals surface area contributed by atoms with E-state index >= 15 is 0 Å². The van der Waals surface area contributed by atoms with Crippen LogP contribution in [-0.4, -0.2) is 25.6 Å². The second-order valence-corrected chi connectivity index (χ2v) is 3.09. The molecule has 15 heavy (non-hydrogen) atoms. The molecule has 2 heterocycles. The first-order valence-corrected chi connectivity index (χ1v) is 4.21. The van der Waals surface area contributed by atoms with Gasteiger partial charge in [0.05, 0.1) is 0 Å². The van der Waals surface area contributed by atoms with Crippen LogP contribution in [0.1, 0.15) is 11.5 Å². The van der Waals surface area contributed by atoms with Crippen molar-refractivity contribution in [2.75, 3.05) is 0 Å². The molecule has 0 aromatic carbocycles. The van der Waals surface area contributed by atoms with Crippen LogP contribution in [0.3, 0.4) is 0 Å². The van der Waals surface area contributed by atoms with Crippen LogP contribution in [0, 0.1) is 6.92 Å². The summed E-state index contributed by atoms with van der Waals surface area (Å²) in [5.41, 5.74) is 0.209. The van der Waals surface area contributed by atoms with E-state index in [9.17, 15) is 14.7 Å². The van der Waals surface area contributed by atoms with E-state index in [-0.39, 0.29) is 23.6 Å². The minimum absolute atomic E-state index is 0.144. The number of rotatable bonds is 2. The van der Waals surface area contributed by atoms with Gasteiger partial charge >= 0.3 is 0 Å². The third-order valence-electron chi connectivity index (χ3n) is 1.82. The number of carbonyl (C=O) groups is 1. The molecule has 7 heteroatoms. The number of H-pyrrole nitrogens is 1. The Morgan fingerprint density at radius 3 is 3.00 bits per heavy atom. The first-order valence-electron chi connectivity index (χ1n) is 4.21. The minimum atomic E-state index is -1.26. The van der Waals surface area contributed by atoms with E-state index in [1.165, 1.54) is 6.07 Å². The smallest absolute Gasteiger partial charge is 0.274 e. The van der Waals surface area contributed by atoms with Gasteiger partial charge in [0.1, 0.15) is 5.82 Å². The van der Waals surface area contributed by atoms with Gasteiger partial charge in [0.25, 0.3) is 11.3 Å². The first kappa shape index (κ1) is 9.38. The quantitative estimate of drug-likeness (QED) is 0.614. The summed E-state index contributed by atoms with van der Waals surface area (Å²) in [6, 6.07) is 1.33. The van der Waals surface area contributed by atoms with E-state index in [2.05, 4.69) is 15.1 Å². The van der Waals surface area contributed by atoms with Gasteiger partial charge in [-0.1, -0.05) is 0 Å². The maximum absolute atomic E-state index is 11.4. The number of aromatic amines is 1. The number of nitrogens with zero attached hydrogens (tertiary/aromatic N) is 3. The van der Waals surface area contributed by atoms with Gasteiger partial charge in [-0.3, -0.25) is 9.89 Å². The molecular formula is C8H7N4O3-. The number of hydrogen-bond donors (Lipinski definition) is 1. The van der Waals surface area contributed by atoms with Crippen molar-refractivity contribution in [2.24, 2.45) is 0 Å². The number of hydrogen-bond acceptors (Lipinski definition) is 5. The third kappa shape index (κ3) is 1.71. The van der Waals surface area contributed by atoms with Crippen LogP contribution in [0.15, 0.2) is 10.9 Å². The van der Waals surface area contributed by atoms with Crippen molar-refractivity contribution in [3.63, 3.8) is 0 Å². The van der Waals surface area contributed by atoms with E-state index in [1.807, 2.05) is 0 Å². The Labute approximate surface area is 83.4 Å². The van der Waals surface area contributed by atoms with Gasteiger partial charge in [-0.25, -0.2) is 4.98 Å². The summed E-state index contributed by atoms with van der Waals surface area (Å²) in [6.45, 7) is 1.66. The van der Waals surface area contributed by atoms with Gasteiger partial charge in [0.2, 0.25) is 0 Å². The molecule has 0 radical (unpaired) electrons. The average molecular weight is 207 g/mol. The first-order chi connectivity index (χ1) is 7.06. The van der Waals surface area contributed by atoms with Crippen molar-refractivity contribution in [2.45, 2.75) is 13.3 Å². The molecule has 0 aliphatic heterocycles. The maximum Gasteiger partial charge on any atom is 0.274 e. The molecule has 1 N–H and O–H groups in total. The molecule has 2 aromatic rings. The van der Waals surface area contributed by atoms with Crippen LogP contribution in [0.5, 0.6) is 0 Å². The molecule has 2 rings (SSSR count). The lowest BCUT2D eigenvalue weighted by Crippen LogP contribution is -2.25. The predicted octanol–water partition coefficient (Wildman–Crippen LogP) is -1.98. The lowest BCUT2D eigenvalue weighted by Gasteiger charge is -1.94. The van der Waals surface area contributed by atoms with Gasteiger partial charge in [-0.05, 0) is 6.92 Å². The van der Waals surface area contributed by atoms with E-state index in [1.54, 1.807) is 6.92 Å². The van der Waals surface area contributed by atoms with E-state index in [0.29, 0.717) is 5.69 Å². The van der Waals surface area contributed by atoms with Gasteiger partial charge in [-0.2, -0.15) is 9.50 Å². The maximum atomic E-state index is 11.4. The standard InChI is InChI=1S/C8H8N4O3/c1-4-2-6(13)12-8(9-4)10-5(11-12)3-7(14)15/h2H,3H2,1H3,(H,14,15)(H,9,10,11)/p-1. The largest absolute Gasteiger partial charge is 0.550 e. The topological polar surface area (TPSA) is 103 Å². The summed E-state index contributed by atoms with van der Waals surface area (Å²) in [5, 5.41) is 12.9. The lowest BCUT2D eigenvalue weighted by molar-refractivity contribution is -0.304. The molecule has 0 bridgehead atoms. The highest BCUT2D eigenvalue weighted by Crippen LogP contribution is 1.96. The Hall–Kier alpha value is -2.18. The summed E-state index contributed by atoms with van der Waals surface area (Å²) in [5.74, 6) is -0.958. The molecule has 7 nitrogen and oxygen atoms in total. The van der Waals surface area contributed by atoms with Gasteiger partial charge in [0.15, 0.2) is 0 Å². The number of carboxylic acids is 1. The van der Waals surface area contributed by atoms with E-state index < -0.39 is 5.97 Å². The van der Waals surface area contributed by atoms with Crippen LogP contribution < -0.4 is 10.7 Å². The van der Waals surface area contributed by atoms with Crippen molar-refractivity contribution >= 4 is 11.7 Å². The number of carboxylic acid groups (broad SMARTS) is 1. The summed E-state index contributed by atoms with van der Waals surface area (Å²) >= 11 is 0. The van der Waals surface area contributed by atoms with Gasteiger partial charge < -0.3 is 9.90 Å². The molecule has 0 aliphatic rings. The molecule has 78 valence electrons. The fourth-order valence-corrected chi connectivity index (χ4v) is 1.25. The van der Waals surface area contributed by atoms with Gasteiger partial charge in [-0.15, -0.1) is 0 Å². The van der Waals surface area contributed by atoms with Gasteiger partial charge in [0, 0.05) is 24.2 Å². The lowest BCUT2D eigenvalue weighted by atomic mass is 10.4. The van der Waals surface area contributed by atoms with Crippen molar-refractivity contribution in [3.05, 3.63) is 27.9 Å². The predicted molar refractivity (Wildman–Crippen MR) is 47.1 cm³/mol. The number of aromatic nitrogens is 4. The number of aryl methyl sites for hydroxylation is 1. The molecule has 0 aliphatic carbocycles. The highest BCUT2D eigenvalue weighted by Gasteiger charge is 2.05. The Bertz CT molecular complexity index is 583. The fraction of sp³-hybridized carbons (Fsp3) is 0.250. The molecule has 0 amide bonds. The van der Waals surface area contributed by atoms with Crippen molar-refractivity contribution < 1.29 is 9.90 Å². The number of nitrogens with one attached hydrogen (secondary N) is 1. The third-order valence-corrected chi connectivity index (χ3v) is 1.82. The number of aliphatic carboxylic acids is 1. The SMILES string of the molecule is Cc1cc(=O)n2[nH]c(CC(=O)[O-])nc2n1. The Morgan fingerprint density at radius 1 is 1.60 bits per heavy atom. The summed E-state index contributed by atoms with van der Waals surface area (Å²) in [4.78, 5) is 29.5. The highest BCUT2D eigenvalue weighted by molar-refractivity contribution is 5.66. The second kappa shape index (κ2) is 3.19. The molecule has 2 aromatic heterocycles. The molecule has 0 spiro atoms. The van der Waals surface area contributed by atoms with E-state index in [0.717, 1.165) is 4.52 Å². The fourth-order valence-electron chi connectivity index (χ4n) is 1.25. The van der Waals surface area contributed by atoms with Crippen LogP contribution in [0.25, 0.3) is 5.78 Å². The zero-order valence-electron chi connectivity index (χ0n) is 7.85. The Kier molecular flexibility index (Phi) is 2.00. The van der Waals surface area contributed by atoms with Crippen LogP contribution in [-0.2, 0) is 11.2 Å². The molecule has 0 saturated carbocycles. The zero-order chi connectivity index (χ0) is 11.0.